The fraction of sp³-hybridized carbons (Fsp3) is 0.278. The number of rotatable bonds is 5. The molecule has 2 nitrogen and oxygen atoms in total. The molecule has 0 aromatic heterocycles. The van der Waals surface area contributed by atoms with E-state index in [4.69, 9.17) is 4.74 Å². The van der Waals surface area contributed by atoms with E-state index in [9.17, 15) is 4.79 Å². The predicted molar refractivity (Wildman–Crippen MR) is 80.7 cm³/mol. The van der Waals surface area contributed by atoms with Crippen LogP contribution in [-0.2, 0) is 9.53 Å². The molecule has 104 valence electrons. The largest absolute Gasteiger partial charge is 0.469 e. The molecular formula is C18H20O2. The molecule has 0 N–H and O–H groups in total. The number of carbonyl (C=O) groups excluding carboxylic acids is 1. The van der Waals surface area contributed by atoms with Crippen molar-refractivity contribution in [3.63, 3.8) is 0 Å². The third kappa shape index (κ3) is 3.70. The lowest BCUT2D eigenvalue weighted by atomic mass is 9.87. The average Bonchev–Trinajstić information content (AvgIpc) is 2.50. The molecule has 0 aliphatic heterocycles. The molecule has 0 radical (unpaired) electrons. The standard InChI is InChI=1S/C18H20O2/c1-14-8-10-16(11-9-14)17(12-13-18(19)20-2)15-6-4-3-5-7-15/h3-11,17H,12-13H2,1-2H3. The fourth-order valence-corrected chi connectivity index (χ4v) is 2.37. The first-order valence-corrected chi connectivity index (χ1v) is 6.89. The Morgan fingerprint density at radius 2 is 1.60 bits per heavy atom. The Balaban J connectivity index is 2.24. The van der Waals surface area contributed by atoms with Crippen molar-refractivity contribution in [1.82, 2.24) is 0 Å². The summed E-state index contributed by atoms with van der Waals surface area (Å²) in [5.41, 5.74) is 3.72. The van der Waals surface area contributed by atoms with Gasteiger partial charge in [-0.1, -0.05) is 60.2 Å². The van der Waals surface area contributed by atoms with E-state index in [1.165, 1.54) is 23.8 Å². The molecule has 1 unspecified atom stereocenters. The van der Waals surface area contributed by atoms with Gasteiger partial charge in [0.15, 0.2) is 0 Å². The summed E-state index contributed by atoms with van der Waals surface area (Å²) in [6.07, 6.45) is 1.20. The van der Waals surface area contributed by atoms with E-state index in [0.717, 1.165) is 6.42 Å². The molecule has 2 aromatic rings. The van der Waals surface area contributed by atoms with E-state index >= 15 is 0 Å². The van der Waals surface area contributed by atoms with Gasteiger partial charge in [0.05, 0.1) is 7.11 Å². The highest BCUT2D eigenvalue weighted by atomic mass is 16.5. The summed E-state index contributed by atoms with van der Waals surface area (Å²) in [6, 6.07) is 18.8. The zero-order valence-electron chi connectivity index (χ0n) is 12.0. The molecule has 0 saturated heterocycles. The van der Waals surface area contributed by atoms with Gasteiger partial charge in [-0.3, -0.25) is 4.79 Å². The van der Waals surface area contributed by atoms with Gasteiger partial charge in [-0.25, -0.2) is 0 Å². The van der Waals surface area contributed by atoms with Crippen molar-refractivity contribution < 1.29 is 9.53 Å². The van der Waals surface area contributed by atoms with E-state index in [1.807, 2.05) is 18.2 Å². The third-order valence-electron chi connectivity index (χ3n) is 3.55. The van der Waals surface area contributed by atoms with Crippen LogP contribution in [0.5, 0.6) is 0 Å². The molecule has 0 amide bonds. The summed E-state index contributed by atoms with van der Waals surface area (Å²) in [6.45, 7) is 2.08. The SMILES string of the molecule is COC(=O)CCC(c1ccccc1)c1ccc(C)cc1. The molecule has 0 heterocycles. The second-order valence-electron chi connectivity index (χ2n) is 4.99. The Kier molecular flexibility index (Phi) is 4.94. The molecule has 0 spiro atoms. The van der Waals surface area contributed by atoms with Crippen LogP contribution in [0.4, 0.5) is 0 Å². The Morgan fingerprint density at radius 3 is 2.20 bits per heavy atom. The van der Waals surface area contributed by atoms with Crippen LogP contribution in [0.1, 0.15) is 35.4 Å². The topological polar surface area (TPSA) is 26.3 Å². The number of esters is 1. The maximum absolute atomic E-state index is 11.4. The number of hydrogen-bond donors (Lipinski definition) is 0. The first kappa shape index (κ1) is 14.3. The van der Waals surface area contributed by atoms with Gasteiger partial charge in [0.25, 0.3) is 0 Å². The molecule has 0 aliphatic rings. The first-order valence-electron chi connectivity index (χ1n) is 6.89. The number of ether oxygens (including phenoxy) is 1. The molecule has 0 bridgehead atoms. The fourth-order valence-electron chi connectivity index (χ4n) is 2.37. The Labute approximate surface area is 120 Å². The van der Waals surface area contributed by atoms with E-state index in [2.05, 4.69) is 43.3 Å². The van der Waals surface area contributed by atoms with Gasteiger partial charge in [-0.15, -0.1) is 0 Å². The van der Waals surface area contributed by atoms with Crippen LogP contribution in [0.15, 0.2) is 54.6 Å². The minimum Gasteiger partial charge on any atom is -0.469 e. The molecular weight excluding hydrogens is 248 g/mol. The highest BCUT2D eigenvalue weighted by molar-refractivity contribution is 5.69. The van der Waals surface area contributed by atoms with E-state index < -0.39 is 0 Å². The van der Waals surface area contributed by atoms with Crippen LogP contribution < -0.4 is 0 Å². The van der Waals surface area contributed by atoms with Crippen LogP contribution in [-0.4, -0.2) is 13.1 Å². The number of methoxy groups -OCH3 is 1. The second-order valence-corrected chi connectivity index (χ2v) is 4.99. The summed E-state index contributed by atoms with van der Waals surface area (Å²) in [5.74, 6) is 0.0777. The summed E-state index contributed by atoms with van der Waals surface area (Å²) >= 11 is 0. The maximum atomic E-state index is 11.4. The number of hydrogen-bond acceptors (Lipinski definition) is 2. The first-order chi connectivity index (χ1) is 9.70. The highest BCUT2D eigenvalue weighted by Gasteiger charge is 2.15. The molecule has 1 atom stereocenters. The lowest BCUT2D eigenvalue weighted by Crippen LogP contribution is -2.06. The predicted octanol–water partition coefficient (Wildman–Crippen LogP) is 4.08. The zero-order chi connectivity index (χ0) is 14.4. The van der Waals surface area contributed by atoms with Crippen LogP contribution in [0.2, 0.25) is 0 Å². The Morgan fingerprint density at radius 1 is 1.00 bits per heavy atom. The van der Waals surface area contributed by atoms with Crippen LogP contribution >= 0.6 is 0 Å². The maximum Gasteiger partial charge on any atom is 0.305 e. The molecule has 2 heteroatoms. The summed E-state index contributed by atoms with van der Waals surface area (Å²) < 4.78 is 4.75. The highest BCUT2D eigenvalue weighted by Crippen LogP contribution is 2.29. The number of benzene rings is 2. The van der Waals surface area contributed by atoms with Gasteiger partial charge in [-0.2, -0.15) is 0 Å². The summed E-state index contributed by atoms with van der Waals surface area (Å²) in [4.78, 5) is 11.4. The molecule has 2 aromatic carbocycles. The number of aryl methyl sites for hydroxylation is 1. The minimum absolute atomic E-state index is 0.155. The Hall–Kier alpha value is -2.09. The van der Waals surface area contributed by atoms with Crippen molar-refractivity contribution in [2.24, 2.45) is 0 Å². The molecule has 0 saturated carbocycles. The van der Waals surface area contributed by atoms with E-state index in [0.29, 0.717) is 6.42 Å². The normalized spacial score (nSPS) is 11.9. The second kappa shape index (κ2) is 6.90. The number of carbonyl (C=O) groups is 1. The smallest absolute Gasteiger partial charge is 0.305 e. The summed E-state index contributed by atoms with van der Waals surface area (Å²) in [5, 5.41) is 0. The van der Waals surface area contributed by atoms with Crippen LogP contribution in [0.25, 0.3) is 0 Å². The molecule has 0 aliphatic carbocycles. The van der Waals surface area contributed by atoms with Crippen molar-refractivity contribution in [1.29, 1.82) is 0 Å². The van der Waals surface area contributed by atoms with Gasteiger partial charge in [0.1, 0.15) is 0 Å². The molecule has 2 rings (SSSR count). The summed E-state index contributed by atoms with van der Waals surface area (Å²) in [7, 11) is 1.44. The van der Waals surface area contributed by atoms with Gasteiger partial charge in [0.2, 0.25) is 0 Å². The van der Waals surface area contributed by atoms with Gasteiger partial charge in [0, 0.05) is 12.3 Å². The van der Waals surface area contributed by atoms with Crippen molar-refractivity contribution in [2.45, 2.75) is 25.7 Å². The van der Waals surface area contributed by atoms with Gasteiger partial charge in [-0.05, 0) is 24.5 Å². The lowest BCUT2D eigenvalue weighted by Gasteiger charge is -2.17. The quantitative estimate of drug-likeness (QED) is 0.764. The average molecular weight is 268 g/mol. The zero-order valence-corrected chi connectivity index (χ0v) is 12.0. The third-order valence-corrected chi connectivity index (χ3v) is 3.55. The Bertz CT molecular complexity index is 543. The van der Waals surface area contributed by atoms with Gasteiger partial charge < -0.3 is 4.74 Å². The van der Waals surface area contributed by atoms with Crippen molar-refractivity contribution in [2.75, 3.05) is 7.11 Å². The van der Waals surface area contributed by atoms with Gasteiger partial charge >= 0.3 is 5.97 Å². The monoisotopic (exact) mass is 268 g/mol. The van der Waals surface area contributed by atoms with Crippen molar-refractivity contribution in [3.05, 3.63) is 71.3 Å². The minimum atomic E-state index is -0.155. The van der Waals surface area contributed by atoms with Crippen LogP contribution in [0.3, 0.4) is 0 Å². The van der Waals surface area contributed by atoms with Crippen molar-refractivity contribution in [3.8, 4) is 0 Å². The molecule has 20 heavy (non-hydrogen) atoms. The van der Waals surface area contributed by atoms with Crippen LogP contribution in [0, 0.1) is 6.92 Å². The molecule has 0 fully saturated rings. The lowest BCUT2D eigenvalue weighted by molar-refractivity contribution is -0.140. The van der Waals surface area contributed by atoms with E-state index in [-0.39, 0.29) is 11.9 Å². The van der Waals surface area contributed by atoms with E-state index in [1.54, 1.807) is 0 Å². The van der Waals surface area contributed by atoms with Crippen molar-refractivity contribution >= 4 is 5.97 Å².